The van der Waals surface area contributed by atoms with Crippen molar-refractivity contribution in [3.63, 3.8) is 0 Å². The van der Waals surface area contributed by atoms with Crippen LogP contribution in [0.25, 0.3) is 0 Å². The molecule has 6 heteroatoms. The summed E-state index contributed by atoms with van der Waals surface area (Å²) < 4.78 is 0. The number of pyridine rings is 1. The van der Waals surface area contributed by atoms with Crippen molar-refractivity contribution in [2.24, 2.45) is 0 Å². The Morgan fingerprint density at radius 1 is 1.04 bits per heavy atom. The summed E-state index contributed by atoms with van der Waals surface area (Å²) in [6, 6.07) is 16.3. The summed E-state index contributed by atoms with van der Waals surface area (Å²) in [5.74, 6) is 2.09. The number of aromatic nitrogens is 3. The molecule has 1 atom stereocenters. The zero-order valence-corrected chi connectivity index (χ0v) is 15.1. The van der Waals surface area contributed by atoms with Gasteiger partial charge in [-0.25, -0.2) is 15.0 Å². The van der Waals surface area contributed by atoms with Crippen molar-refractivity contribution in [3.8, 4) is 0 Å². The Morgan fingerprint density at radius 2 is 1.81 bits per heavy atom. The highest BCUT2D eigenvalue weighted by Gasteiger charge is 2.19. The third-order valence-corrected chi connectivity index (χ3v) is 4.22. The number of nitrogens with zero attached hydrogens (tertiary/aromatic N) is 4. The van der Waals surface area contributed by atoms with Crippen LogP contribution in [0, 0.1) is 0 Å². The van der Waals surface area contributed by atoms with Gasteiger partial charge in [-0.3, -0.25) is 0 Å². The van der Waals surface area contributed by atoms with Gasteiger partial charge in [0.15, 0.2) is 11.6 Å². The quantitative estimate of drug-likeness (QED) is 0.672. The molecule has 1 aromatic carbocycles. The zero-order chi connectivity index (χ0) is 18.4. The van der Waals surface area contributed by atoms with Crippen LogP contribution in [0.5, 0.6) is 0 Å². The lowest BCUT2D eigenvalue weighted by Gasteiger charge is -2.25. The summed E-state index contributed by atoms with van der Waals surface area (Å²) in [7, 11) is 0. The van der Waals surface area contributed by atoms with Crippen LogP contribution >= 0.6 is 0 Å². The van der Waals surface area contributed by atoms with Crippen LogP contribution in [-0.4, -0.2) is 21.0 Å². The summed E-state index contributed by atoms with van der Waals surface area (Å²) in [5.41, 5.74) is 8.09. The summed E-state index contributed by atoms with van der Waals surface area (Å²) in [6.45, 7) is 4.83. The van der Waals surface area contributed by atoms with Crippen molar-refractivity contribution in [1.82, 2.24) is 15.0 Å². The third-order valence-electron chi connectivity index (χ3n) is 4.22. The second-order valence-electron chi connectivity index (χ2n) is 6.17. The number of rotatable bonds is 7. The van der Waals surface area contributed by atoms with Gasteiger partial charge >= 0.3 is 0 Å². The van der Waals surface area contributed by atoms with Crippen molar-refractivity contribution in [2.75, 3.05) is 16.0 Å². The van der Waals surface area contributed by atoms with Crippen molar-refractivity contribution in [1.29, 1.82) is 0 Å². The molecule has 26 heavy (non-hydrogen) atoms. The molecular formula is C20H24N6. The first kappa shape index (κ1) is 17.7. The van der Waals surface area contributed by atoms with E-state index in [0.717, 1.165) is 17.8 Å². The fraction of sp³-hybridized carbons (Fsp3) is 0.250. The van der Waals surface area contributed by atoms with Crippen LogP contribution in [0.3, 0.4) is 0 Å². The van der Waals surface area contributed by atoms with Gasteiger partial charge in [-0.2, -0.15) is 0 Å². The molecule has 2 heterocycles. The highest BCUT2D eigenvalue weighted by molar-refractivity contribution is 5.78. The Bertz CT molecular complexity index is 822. The van der Waals surface area contributed by atoms with Gasteiger partial charge in [-0.05, 0) is 31.0 Å². The number of benzene rings is 1. The van der Waals surface area contributed by atoms with Crippen LogP contribution in [0.15, 0.2) is 61.1 Å². The predicted octanol–water partition coefficient (Wildman–Crippen LogP) is 4.00. The normalized spacial score (nSPS) is 11.8. The molecular weight excluding hydrogens is 324 g/mol. The molecule has 1 unspecified atom stereocenters. The Labute approximate surface area is 154 Å². The molecule has 0 aliphatic heterocycles. The van der Waals surface area contributed by atoms with Crippen LogP contribution in [0.2, 0.25) is 0 Å². The second kappa shape index (κ2) is 8.29. The molecule has 0 fully saturated rings. The molecule has 0 aliphatic rings. The van der Waals surface area contributed by atoms with E-state index in [2.05, 4.69) is 46.2 Å². The van der Waals surface area contributed by atoms with E-state index in [1.54, 1.807) is 6.20 Å². The summed E-state index contributed by atoms with van der Waals surface area (Å²) in [5, 5.41) is 3.35. The lowest BCUT2D eigenvalue weighted by Crippen LogP contribution is -2.22. The fourth-order valence-corrected chi connectivity index (χ4v) is 2.60. The number of hydrogen-bond acceptors (Lipinski definition) is 6. The minimum Gasteiger partial charge on any atom is -0.393 e. The lowest BCUT2D eigenvalue weighted by molar-refractivity contribution is 0.758. The Morgan fingerprint density at radius 3 is 2.50 bits per heavy atom. The number of anilines is 4. The highest BCUT2D eigenvalue weighted by atomic mass is 15.3. The molecule has 0 saturated carbocycles. The van der Waals surface area contributed by atoms with E-state index in [9.17, 15) is 0 Å². The molecule has 0 aliphatic carbocycles. The maximum absolute atomic E-state index is 6.42. The number of nitrogens with two attached hydrogens (primary N) is 1. The van der Waals surface area contributed by atoms with Crippen molar-refractivity contribution in [3.05, 3.63) is 66.6 Å². The van der Waals surface area contributed by atoms with Gasteiger partial charge in [0, 0.05) is 12.2 Å². The Kier molecular flexibility index (Phi) is 5.63. The third kappa shape index (κ3) is 4.08. The number of hydrogen-bond donors (Lipinski definition) is 2. The van der Waals surface area contributed by atoms with E-state index in [0.29, 0.717) is 23.9 Å². The van der Waals surface area contributed by atoms with E-state index in [4.69, 9.17) is 5.73 Å². The van der Waals surface area contributed by atoms with Crippen LogP contribution in [-0.2, 0) is 6.54 Å². The highest BCUT2D eigenvalue weighted by Crippen LogP contribution is 2.32. The number of nitrogen functional groups attached to an aromatic ring is 1. The Balaban J connectivity index is 2.00. The smallest absolute Gasteiger partial charge is 0.163 e. The van der Waals surface area contributed by atoms with Crippen molar-refractivity contribution >= 4 is 23.1 Å². The topological polar surface area (TPSA) is 80.0 Å². The first-order valence-electron chi connectivity index (χ1n) is 8.78. The minimum absolute atomic E-state index is 0.275. The van der Waals surface area contributed by atoms with Gasteiger partial charge in [0.25, 0.3) is 0 Å². The average molecular weight is 348 g/mol. The van der Waals surface area contributed by atoms with Crippen LogP contribution < -0.4 is 16.0 Å². The van der Waals surface area contributed by atoms with E-state index >= 15 is 0 Å². The predicted molar refractivity (Wildman–Crippen MR) is 106 cm³/mol. The molecule has 134 valence electrons. The summed E-state index contributed by atoms with van der Waals surface area (Å²) in [4.78, 5) is 15.3. The van der Waals surface area contributed by atoms with Gasteiger partial charge < -0.3 is 16.0 Å². The summed E-state index contributed by atoms with van der Waals surface area (Å²) >= 11 is 0. The van der Waals surface area contributed by atoms with E-state index in [1.165, 1.54) is 6.33 Å². The molecule has 3 aromatic rings. The van der Waals surface area contributed by atoms with Gasteiger partial charge in [-0.15, -0.1) is 0 Å². The standard InChI is InChI=1S/C20H24N6/c1-3-15(2)25-19-18(21)20(24-14-23-19)26(17-11-7-8-12-22-17)13-16-9-5-4-6-10-16/h4-12,14-15H,3,13,21H2,1-2H3,(H,23,24,25). The second-order valence-corrected chi connectivity index (χ2v) is 6.17. The fourth-order valence-electron chi connectivity index (χ4n) is 2.60. The van der Waals surface area contributed by atoms with Crippen LogP contribution in [0.1, 0.15) is 25.8 Å². The molecule has 0 spiro atoms. The van der Waals surface area contributed by atoms with Gasteiger partial charge in [0.05, 0.1) is 6.54 Å². The molecule has 2 aromatic heterocycles. The minimum atomic E-state index is 0.275. The monoisotopic (exact) mass is 348 g/mol. The maximum atomic E-state index is 6.42. The van der Waals surface area contributed by atoms with E-state index in [1.807, 2.05) is 41.3 Å². The lowest BCUT2D eigenvalue weighted by atomic mass is 10.2. The molecule has 0 radical (unpaired) electrons. The van der Waals surface area contributed by atoms with Crippen molar-refractivity contribution in [2.45, 2.75) is 32.9 Å². The molecule has 3 rings (SSSR count). The average Bonchev–Trinajstić information content (AvgIpc) is 2.69. The largest absolute Gasteiger partial charge is 0.393 e. The summed E-state index contributed by atoms with van der Waals surface area (Å²) in [6.07, 6.45) is 4.28. The molecule has 3 N–H and O–H groups in total. The Hall–Kier alpha value is -3.15. The zero-order valence-electron chi connectivity index (χ0n) is 15.1. The first-order chi connectivity index (χ1) is 12.7. The SMILES string of the molecule is CCC(C)Nc1ncnc(N(Cc2ccccc2)c2ccccn2)c1N. The molecule has 0 amide bonds. The van der Waals surface area contributed by atoms with Crippen molar-refractivity contribution < 1.29 is 0 Å². The van der Waals surface area contributed by atoms with Gasteiger partial charge in [-0.1, -0.05) is 43.3 Å². The van der Waals surface area contributed by atoms with E-state index < -0.39 is 0 Å². The van der Waals surface area contributed by atoms with Gasteiger partial charge in [0.1, 0.15) is 17.8 Å². The molecule has 0 saturated heterocycles. The maximum Gasteiger partial charge on any atom is 0.163 e. The van der Waals surface area contributed by atoms with E-state index in [-0.39, 0.29) is 6.04 Å². The molecule has 6 nitrogen and oxygen atoms in total. The number of nitrogens with one attached hydrogen (secondary N) is 1. The van der Waals surface area contributed by atoms with Crippen LogP contribution in [0.4, 0.5) is 23.1 Å². The van der Waals surface area contributed by atoms with Gasteiger partial charge in [0.2, 0.25) is 0 Å². The molecule has 0 bridgehead atoms. The first-order valence-corrected chi connectivity index (χ1v) is 8.78.